The predicted octanol–water partition coefficient (Wildman–Crippen LogP) is 2.63. The number of ketones is 1. The van der Waals surface area contributed by atoms with Crippen molar-refractivity contribution < 1.29 is 22.7 Å². The van der Waals surface area contributed by atoms with E-state index in [9.17, 15) is 22.8 Å². The monoisotopic (exact) mass is 448 g/mol. The van der Waals surface area contributed by atoms with Crippen LogP contribution < -0.4 is 15.4 Å². The van der Waals surface area contributed by atoms with Crippen LogP contribution in [0.3, 0.4) is 0 Å². The lowest BCUT2D eigenvalue weighted by Crippen LogP contribution is -2.54. The lowest BCUT2D eigenvalue weighted by molar-refractivity contribution is -0.152. The lowest BCUT2D eigenvalue weighted by atomic mass is 10.1. The van der Waals surface area contributed by atoms with Gasteiger partial charge < -0.3 is 14.5 Å². The van der Waals surface area contributed by atoms with Crippen molar-refractivity contribution in [3.63, 3.8) is 0 Å². The van der Waals surface area contributed by atoms with Crippen molar-refractivity contribution in [2.24, 2.45) is 0 Å². The summed E-state index contributed by atoms with van der Waals surface area (Å²) < 4.78 is 48.8. The van der Waals surface area contributed by atoms with E-state index in [0.29, 0.717) is 24.5 Å². The molecule has 1 aromatic heterocycles. The predicted molar refractivity (Wildman–Crippen MR) is 111 cm³/mol. The van der Waals surface area contributed by atoms with Crippen LogP contribution in [-0.4, -0.2) is 59.4 Å². The number of halogens is 3. The summed E-state index contributed by atoms with van der Waals surface area (Å²) in [7, 11) is 0. The molecule has 0 radical (unpaired) electrons. The van der Waals surface area contributed by atoms with Gasteiger partial charge in [0, 0.05) is 31.3 Å². The Balaban J connectivity index is 1.53. The first-order valence-corrected chi connectivity index (χ1v) is 10.7. The molecule has 7 nitrogen and oxygen atoms in total. The van der Waals surface area contributed by atoms with Gasteiger partial charge in [-0.1, -0.05) is 30.3 Å². The summed E-state index contributed by atoms with van der Waals surface area (Å²) in [4.78, 5) is 33.0. The molecule has 0 N–H and O–H groups in total. The van der Waals surface area contributed by atoms with Crippen molar-refractivity contribution in [1.82, 2.24) is 9.55 Å². The molecule has 0 spiro atoms. The van der Waals surface area contributed by atoms with Gasteiger partial charge >= 0.3 is 6.18 Å². The Hall–Kier alpha value is -2.88. The Morgan fingerprint density at radius 3 is 2.44 bits per heavy atom. The van der Waals surface area contributed by atoms with Gasteiger partial charge in [-0.3, -0.25) is 14.2 Å². The van der Waals surface area contributed by atoms with Crippen molar-refractivity contribution in [3.8, 4) is 0 Å². The second-order valence-corrected chi connectivity index (χ2v) is 8.53. The van der Waals surface area contributed by atoms with Crippen molar-refractivity contribution in [2.75, 3.05) is 29.4 Å². The van der Waals surface area contributed by atoms with Gasteiger partial charge in [-0.2, -0.15) is 18.2 Å². The first kappa shape index (κ1) is 21.0. The van der Waals surface area contributed by atoms with Gasteiger partial charge in [0.25, 0.3) is 5.56 Å². The Morgan fingerprint density at radius 2 is 1.78 bits per heavy atom. The summed E-state index contributed by atoms with van der Waals surface area (Å²) in [6, 6.07) is 7.66. The normalized spacial score (nSPS) is 25.0. The molecule has 2 fully saturated rings. The fourth-order valence-electron chi connectivity index (χ4n) is 4.81. The molecule has 2 saturated heterocycles. The van der Waals surface area contributed by atoms with E-state index >= 15 is 0 Å². The average molecular weight is 448 g/mol. The Labute approximate surface area is 182 Å². The van der Waals surface area contributed by atoms with E-state index in [2.05, 4.69) is 4.98 Å². The topological polar surface area (TPSA) is 67.7 Å². The van der Waals surface area contributed by atoms with Crippen LogP contribution >= 0.6 is 0 Å². The molecule has 0 saturated carbocycles. The molecule has 2 unspecified atom stereocenters. The third kappa shape index (κ3) is 3.87. The van der Waals surface area contributed by atoms with Gasteiger partial charge in [-0.15, -0.1) is 0 Å². The van der Waals surface area contributed by atoms with E-state index in [1.54, 1.807) is 30.3 Å². The number of carbonyl (C=O) groups is 1. The maximum Gasteiger partial charge on any atom is 0.408 e. The van der Waals surface area contributed by atoms with Crippen LogP contribution in [0.25, 0.3) is 0 Å². The summed E-state index contributed by atoms with van der Waals surface area (Å²) >= 11 is 0. The standard InChI is InChI=1S/C22H23F3N4O3/c23-22(24,25)18-8-9-28-20(31)10-19(27-11-15-6-7-16(12-27)32-15)26-21(28)29(18)13-17(30)14-4-2-1-3-5-14/h1-5,10,15-16,18H,6-9,11-13H2/t15-,16?,18?/m0/s1. The number of fused-ring (bicyclic) bond motifs is 3. The zero-order valence-corrected chi connectivity index (χ0v) is 17.3. The Kier molecular flexibility index (Phi) is 5.19. The highest BCUT2D eigenvalue weighted by molar-refractivity contribution is 5.99. The molecule has 5 rings (SSSR count). The number of nitrogens with zero attached hydrogens (tertiary/aromatic N) is 4. The fraction of sp³-hybridized carbons (Fsp3) is 0.500. The number of carbonyl (C=O) groups excluding carboxylic acids is 1. The molecular formula is C22H23F3N4O3. The SMILES string of the molecule is O=C(CN1c2nc(N3CC4CC[C@@H](C3)O4)cc(=O)n2CCC1C(F)(F)F)c1ccccc1. The number of hydrogen-bond donors (Lipinski definition) is 0. The minimum absolute atomic E-state index is 0.0352. The molecule has 3 aliphatic heterocycles. The minimum atomic E-state index is -4.56. The van der Waals surface area contributed by atoms with Crippen molar-refractivity contribution in [3.05, 3.63) is 52.3 Å². The molecular weight excluding hydrogens is 425 g/mol. The van der Waals surface area contributed by atoms with Gasteiger partial charge in [-0.05, 0) is 19.3 Å². The van der Waals surface area contributed by atoms with E-state index in [1.165, 1.54) is 10.6 Å². The fourth-order valence-corrected chi connectivity index (χ4v) is 4.81. The van der Waals surface area contributed by atoms with E-state index in [1.807, 2.05) is 4.90 Å². The summed E-state index contributed by atoms with van der Waals surface area (Å²) in [5.74, 6) is -0.233. The quantitative estimate of drug-likeness (QED) is 0.670. The first-order valence-electron chi connectivity index (χ1n) is 10.7. The Bertz CT molecular complexity index is 1060. The van der Waals surface area contributed by atoms with Gasteiger partial charge in [0.1, 0.15) is 11.9 Å². The van der Waals surface area contributed by atoms with Crippen molar-refractivity contribution in [2.45, 2.75) is 50.2 Å². The number of ether oxygens (including phenoxy) is 1. The maximum atomic E-state index is 13.9. The molecule has 3 atom stereocenters. The van der Waals surface area contributed by atoms with Gasteiger partial charge in [0.05, 0.1) is 18.8 Å². The number of rotatable bonds is 4. The van der Waals surface area contributed by atoms with Crippen LogP contribution in [0.4, 0.5) is 24.9 Å². The van der Waals surface area contributed by atoms with Gasteiger partial charge in [0.15, 0.2) is 5.78 Å². The van der Waals surface area contributed by atoms with Crippen LogP contribution in [0.5, 0.6) is 0 Å². The highest BCUT2D eigenvalue weighted by Crippen LogP contribution is 2.35. The van der Waals surface area contributed by atoms with Crippen LogP contribution in [0, 0.1) is 0 Å². The molecule has 2 aromatic rings. The zero-order valence-electron chi connectivity index (χ0n) is 17.3. The maximum absolute atomic E-state index is 13.9. The molecule has 0 aliphatic carbocycles. The summed E-state index contributed by atoms with van der Waals surface area (Å²) in [5.41, 5.74) is -0.101. The molecule has 170 valence electrons. The van der Waals surface area contributed by atoms with Gasteiger partial charge in [-0.25, -0.2) is 0 Å². The van der Waals surface area contributed by atoms with Gasteiger partial charge in [0.2, 0.25) is 5.95 Å². The van der Waals surface area contributed by atoms with Crippen LogP contribution in [-0.2, 0) is 11.3 Å². The third-order valence-corrected chi connectivity index (χ3v) is 6.39. The van der Waals surface area contributed by atoms with Crippen LogP contribution in [0.15, 0.2) is 41.2 Å². The Morgan fingerprint density at radius 1 is 1.09 bits per heavy atom. The first-order chi connectivity index (χ1) is 15.3. The van der Waals surface area contributed by atoms with E-state index in [-0.39, 0.29) is 31.1 Å². The number of morpholine rings is 1. The highest BCUT2D eigenvalue weighted by Gasteiger charge is 2.47. The number of hydrogen-bond acceptors (Lipinski definition) is 6. The van der Waals surface area contributed by atoms with Crippen molar-refractivity contribution in [1.29, 1.82) is 0 Å². The number of anilines is 2. The van der Waals surface area contributed by atoms with E-state index in [4.69, 9.17) is 4.74 Å². The molecule has 2 bridgehead atoms. The molecule has 1 aromatic carbocycles. The van der Waals surface area contributed by atoms with E-state index < -0.39 is 30.1 Å². The summed E-state index contributed by atoms with van der Waals surface area (Å²) in [5, 5.41) is 0. The number of benzene rings is 1. The molecule has 10 heteroatoms. The van der Waals surface area contributed by atoms with E-state index in [0.717, 1.165) is 17.7 Å². The smallest absolute Gasteiger partial charge is 0.371 e. The molecule has 3 aliphatic rings. The minimum Gasteiger partial charge on any atom is -0.371 e. The highest BCUT2D eigenvalue weighted by atomic mass is 19.4. The molecule has 4 heterocycles. The van der Waals surface area contributed by atoms with Crippen LogP contribution in [0.2, 0.25) is 0 Å². The number of aromatic nitrogens is 2. The lowest BCUT2D eigenvalue weighted by Gasteiger charge is -2.39. The molecule has 0 amide bonds. The molecule has 32 heavy (non-hydrogen) atoms. The third-order valence-electron chi connectivity index (χ3n) is 6.39. The van der Waals surface area contributed by atoms with Crippen molar-refractivity contribution >= 4 is 17.5 Å². The largest absolute Gasteiger partial charge is 0.408 e. The summed E-state index contributed by atoms with van der Waals surface area (Å²) in [6.45, 7) is 0.463. The average Bonchev–Trinajstić information content (AvgIpc) is 3.11. The second kappa shape index (κ2) is 7.91. The second-order valence-electron chi connectivity index (χ2n) is 8.53. The summed E-state index contributed by atoms with van der Waals surface area (Å²) in [6.07, 6.45) is -2.98. The number of Topliss-reactive ketones (excluding diaryl/α,β-unsaturated/α-hetero) is 1. The number of alkyl halides is 3. The van der Waals surface area contributed by atoms with Crippen LogP contribution in [0.1, 0.15) is 29.6 Å². The zero-order chi connectivity index (χ0) is 22.5.